The number of halogens is 1. The Morgan fingerprint density at radius 2 is 1.96 bits per heavy atom. The fourth-order valence-electron chi connectivity index (χ4n) is 3.57. The number of nitrogens with one attached hydrogen (secondary N) is 1. The first kappa shape index (κ1) is 17.2. The Morgan fingerprint density at radius 3 is 2.71 bits per heavy atom. The minimum absolute atomic E-state index is 0.0378. The van der Waals surface area contributed by atoms with E-state index in [1.165, 1.54) is 0 Å². The fourth-order valence-corrected chi connectivity index (χ4v) is 3.76. The fraction of sp³-hybridized carbons (Fsp3) is 0.556. The van der Waals surface area contributed by atoms with Crippen LogP contribution in [0.1, 0.15) is 25.7 Å². The lowest BCUT2D eigenvalue weighted by Crippen LogP contribution is -2.46. The predicted molar refractivity (Wildman–Crippen MR) is 95.1 cm³/mol. The molecule has 1 aromatic rings. The van der Waals surface area contributed by atoms with Crippen molar-refractivity contribution < 1.29 is 9.59 Å². The molecule has 1 aromatic carbocycles. The second kappa shape index (κ2) is 7.99. The lowest BCUT2D eigenvalue weighted by atomic mass is 9.96. The summed E-state index contributed by atoms with van der Waals surface area (Å²) >= 11 is 5.93. The molecule has 0 aliphatic carbocycles. The van der Waals surface area contributed by atoms with E-state index in [0.717, 1.165) is 45.3 Å². The van der Waals surface area contributed by atoms with Crippen LogP contribution in [0.4, 0.5) is 5.69 Å². The third-order valence-corrected chi connectivity index (χ3v) is 4.98. The molecule has 0 bridgehead atoms. The van der Waals surface area contributed by atoms with E-state index in [2.05, 4.69) is 10.2 Å². The number of likely N-dealkylation sites (tertiary alicyclic amines) is 2. The van der Waals surface area contributed by atoms with E-state index in [0.29, 0.717) is 23.8 Å². The molecule has 0 aromatic heterocycles. The van der Waals surface area contributed by atoms with Crippen LogP contribution in [-0.2, 0) is 9.59 Å². The molecule has 5 nitrogen and oxygen atoms in total. The zero-order chi connectivity index (χ0) is 16.9. The maximum Gasteiger partial charge on any atom is 0.238 e. The van der Waals surface area contributed by atoms with Crippen LogP contribution >= 0.6 is 11.6 Å². The van der Waals surface area contributed by atoms with Gasteiger partial charge in [-0.3, -0.25) is 14.5 Å². The van der Waals surface area contributed by atoms with Gasteiger partial charge in [-0.25, -0.2) is 0 Å². The molecule has 2 heterocycles. The Morgan fingerprint density at radius 1 is 1.17 bits per heavy atom. The summed E-state index contributed by atoms with van der Waals surface area (Å²) < 4.78 is 0. The Labute approximate surface area is 147 Å². The van der Waals surface area contributed by atoms with Crippen LogP contribution in [0.3, 0.4) is 0 Å². The average Bonchev–Trinajstić information content (AvgIpc) is 3.08. The molecule has 0 radical (unpaired) electrons. The molecular weight excluding hydrogens is 326 g/mol. The first-order valence-corrected chi connectivity index (χ1v) is 9.06. The molecule has 0 spiro atoms. The van der Waals surface area contributed by atoms with Crippen molar-refractivity contribution in [1.82, 2.24) is 9.80 Å². The highest BCUT2D eigenvalue weighted by atomic mass is 35.5. The maximum atomic E-state index is 12.5. The molecule has 1 N–H and O–H groups in total. The van der Waals surface area contributed by atoms with Crippen molar-refractivity contribution in [3.05, 3.63) is 29.3 Å². The molecular formula is C18H24ClN3O2. The third kappa shape index (κ3) is 4.48. The van der Waals surface area contributed by atoms with Crippen molar-refractivity contribution in [2.24, 2.45) is 5.92 Å². The van der Waals surface area contributed by atoms with Crippen molar-refractivity contribution >= 4 is 29.1 Å². The smallest absolute Gasteiger partial charge is 0.238 e. The molecule has 2 amide bonds. The number of carbonyl (C=O) groups is 2. The molecule has 24 heavy (non-hydrogen) atoms. The number of rotatable bonds is 4. The number of benzene rings is 1. The van der Waals surface area contributed by atoms with Crippen molar-refractivity contribution in [3.8, 4) is 0 Å². The van der Waals surface area contributed by atoms with E-state index in [1.807, 2.05) is 17.0 Å². The van der Waals surface area contributed by atoms with Gasteiger partial charge in [0.25, 0.3) is 0 Å². The standard InChI is InChI=1S/C18H24ClN3O2/c19-15-6-3-7-16(11-15)20-17(23)13-21-8-4-5-14(12-21)18(24)22-9-1-2-10-22/h3,6-7,11,14H,1-2,4-5,8-10,12-13H2,(H,20,23). The Balaban J connectivity index is 1.51. The van der Waals surface area contributed by atoms with Gasteiger partial charge in [-0.2, -0.15) is 0 Å². The van der Waals surface area contributed by atoms with Crippen LogP contribution in [0.2, 0.25) is 5.02 Å². The zero-order valence-corrected chi connectivity index (χ0v) is 14.6. The minimum Gasteiger partial charge on any atom is -0.342 e. The van der Waals surface area contributed by atoms with Crippen molar-refractivity contribution in [1.29, 1.82) is 0 Å². The molecule has 2 fully saturated rings. The van der Waals surface area contributed by atoms with Gasteiger partial charge in [0.1, 0.15) is 0 Å². The number of carbonyl (C=O) groups excluding carboxylic acids is 2. The monoisotopic (exact) mass is 349 g/mol. The van der Waals surface area contributed by atoms with Gasteiger partial charge in [-0.05, 0) is 50.4 Å². The van der Waals surface area contributed by atoms with Gasteiger partial charge < -0.3 is 10.2 Å². The van der Waals surface area contributed by atoms with Crippen molar-refractivity contribution in [3.63, 3.8) is 0 Å². The van der Waals surface area contributed by atoms with Gasteiger partial charge in [-0.15, -0.1) is 0 Å². The van der Waals surface area contributed by atoms with Gasteiger partial charge >= 0.3 is 0 Å². The minimum atomic E-state index is -0.0634. The Kier molecular flexibility index (Phi) is 5.74. The van der Waals surface area contributed by atoms with Crippen LogP contribution in [0, 0.1) is 5.92 Å². The van der Waals surface area contributed by atoms with Gasteiger partial charge in [0.05, 0.1) is 12.5 Å². The molecule has 2 aliphatic rings. The van der Waals surface area contributed by atoms with Gasteiger partial charge in [0.2, 0.25) is 11.8 Å². The summed E-state index contributed by atoms with van der Waals surface area (Å²) in [4.78, 5) is 28.8. The number of hydrogen-bond donors (Lipinski definition) is 1. The quantitative estimate of drug-likeness (QED) is 0.909. The van der Waals surface area contributed by atoms with E-state index in [1.54, 1.807) is 12.1 Å². The van der Waals surface area contributed by atoms with Gasteiger partial charge in [0.15, 0.2) is 0 Å². The highest BCUT2D eigenvalue weighted by Gasteiger charge is 2.30. The summed E-state index contributed by atoms with van der Waals surface area (Å²) in [7, 11) is 0. The average molecular weight is 350 g/mol. The number of anilines is 1. The van der Waals surface area contributed by atoms with Crippen molar-refractivity contribution in [2.45, 2.75) is 25.7 Å². The second-order valence-electron chi connectivity index (χ2n) is 6.67. The Hall–Kier alpha value is -1.59. The van der Waals surface area contributed by atoms with E-state index in [-0.39, 0.29) is 17.7 Å². The number of amides is 2. The topological polar surface area (TPSA) is 52.7 Å². The summed E-state index contributed by atoms with van der Waals surface area (Å²) in [6.07, 6.45) is 4.13. The lowest BCUT2D eigenvalue weighted by Gasteiger charge is -2.33. The highest BCUT2D eigenvalue weighted by Crippen LogP contribution is 2.21. The lowest BCUT2D eigenvalue weighted by molar-refractivity contribution is -0.136. The SMILES string of the molecule is O=C(CN1CCCC(C(=O)N2CCCC2)C1)Nc1cccc(Cl)c1. The van der Waals surface area contributed by atoms with Crippen LogP contribution < -0.4 is 5.32 Å². The van der Waals surface area contributed by atoms with Crippen LogP contribution in [-0.4, -0.2) is 54.3 Å². The van der Waals surface area contributed by atoms with E-state index >= 15 is 0 Å². The van der Waals surface area contributed by atoms with E-state index in [4.69, 9.17) is 11.6 Å². The highest BCUT2D eigenvalue weighted by molar-refractivity contribution is 6.30. The molecule has 1 atom stereocenters. The summed E-state index contributed by atoms with van der Waals surface area (Å²) in [5.74, 6) is 0.245. The number of nitrogens with zero attached hydrogens (tertiary/aromatic N) is 2. The van der Waals surface area contributed by atoms with Crippen LogP contribution in [0.5, 0.6) is 0 Å². The van der Waals surface area contributed by atoms with E-state index < -0.39 is 0 Å². The first-order chi connectivity index (χ1) is 11.6. The normalized spacial score (nSPS) is 21.7. The number of piperidine rings is 1. The van der Waals surface area contributed by atoms with Crippen molar-refractivity contribution in [2.75, 3.05) is 38.0 Å². The van der Waals surface area contributed by atoms with Crippen LogP contribution in [0.15, 0.2) is 24.3 Å². The zero-order valence-electron chi connectivity index (χ0n) is 13.8. The molecule has 1 unspecified atom stereocenters. The largest absolute Gasteiger partial charge is 0.342 e. The maximum absolute atomic E-state index is 12.5. The Bertz CT molecular complexity index is 602. The summed E-state index contributed by atoms with van der Waals surface area (Å²) in [6.45, 7) is 3.65. The first-order valence-electron chi connectivity index (χ1n) is 8.68. The number of hydrogen-bond acceptors (Lipinski definition) is 3. The second-order valence-corrected chi connectivity index (χ2v) is 7.10. The third-order valence-electron chi connectivity index (χ3n) is 4.75. The predicted octanol–water partition coefficient (Wildman–Crippen LogP) is 2.61. The van der Waals surface area contributed by atoms with Crippen LogP contribution in [0.25, 0.3) is 0 Å². The molecule has 0 saturated carbocycles. The summed E-state index contributed by atoms with van der Waals surface area (Å²) in [5, 5.41) is 3.47. The summed E-state index contributed by atoms with van der Waals surface area (Å²) in [6, 6.07) is 7.13. The van der Waals surface area contributed by atoms with Gasteiger partial charge in [-0.1, -0.05) is 17.7 Å². The van der Waals surface area contributed by atoms with Gasteiger partial charge in [0, 0.05) is 30.3 Å². The molecule has 2 saturated heterocycles. The summed E-state index contributed by atoms with van der Waals surface area (Å²) in [5.41, 5.74) is 0.703. The molecule has 6 heteroatoms. The van der Waals surface area contributed by atoms with E-state index in [9.17, 15) is 9.59 Å². The molecule has 2 aliphatic heterocycles. The molecule has 130 valence electrons. The molecule has 3 rings (SSSR count).